The molecule has 1 aromatic heterocycles. The summed E-state index contributed by atoms with van der Waals surface area (Å²) in [4.78, 5) is 29.7. The Kier molecular flexibility index (Phi) is 3.15. The highest BCUT2D eigenvalue weighted by molar-refractivity contribution is 7.17. The predicted molar refractivity (Wildman–Crippen MR) is 66.6 cm³/mol. The van der Waals surface area contributed by atoms with Crippen LogP contribution in [0.1, 0.15) is 28.7 Å². The van der Waals surface area contributed by atoms with Crippen LogP contribution in [0.4, 0.5) is 9.93 Å². The number of nitrogens with zero attached hydrogens (tertiary/aromatic N) is 2. The van der Waals surface area contributed by atoms with Crippen LogP contribution in [-0.2, 0) is 6.42 Å². The molecular formula is C11H15N3O2S. The van der Waals surface area contributed by atoms with Crippen LogP contribution in [0, 0.1) is 5.92 Å². The van der Waals surface area contributed by atoms with Crippen molar-refractivity contribution in [2.24, 2.45) is 5.92 Å². The van der Waals surface area contributed by atoms with E-state index in [-0.39, 0.29) is 11.8 Å². The number of ketones is 1. The second-order valence-corrected chi connectivity index (χ2v) is 5.56. The number of anilines is 1. The summed E-state index contributed by atoms with van der Waals surface area (Å²) in [6, 6.07) is -0.225. The monoisotopic (exact) mass is 253 g/mol. The minimum absolute atomic E-state index is 0.140. The van der Waals surface area contributed by atoms with Gasteiger partial charge in [0.15, 0.2) is 10.9 Å². The topological polar surface area (TPSA) is 62.3 Å². The number of fused-ring (bicyclic) bond motifs is 1. The molecule has 0 radical (unpaired) electrons. The van der Waals surface area contributed by atoms with Crippen molar-refractivity contribution in [1.29, 1.82) is 0 Å². The third kappa shape index (κ3) is 2.46. The van der Waals surface area contributed by atoms with Gasteiger partial charge in [0.25, 0.3) is 0 Å². The lowest BCUT2D eigenvalue weighted by molar-refractivity contribution is 0.0957. The molecule has 2 rings (SSSR count). The van der Waals surface area contributed by atoms with Crippen molar-refractivity contribution < 1.29 is 9.59 Å². The molecule has 17 heavy (non-hydrogen) atoms. The Bertz CT molecular complexity index is 467. The van der Waals surface area contributed by atoms with Gasteiger partial charge in [-0.2, -0.15) is 0 Å². The van der Waals surface area contributed by atoms with Crippen molar-refractivity contribution >= 4 is 28.3 Å². The van der Waals surface area contributed by atoms with Crippen molar-refractivity contribution in [1.82, 2.24) is 9.88 Å². The van der Waals surface area contributed by atoms with E-state index in [1.807, 2.05) is 6.92 Å². The Morgan fingerprint density at radius 2 is 2.18 bits per heavy atom. The van der Waals surface area contributed by atoms with Gasteiger partial charge in [-0.05, 0) is 12.3 Å². The van der Waals surface area contributed by atoms with Crippen LogP contribution in [-0.4, -0.2) is 35.8 Å². The minimum Gasteiger partial charge on any atom is -0.331 e. The van der Waals surface area contributed by atoms with Gasteiger partial charge in [-0.3, -0.25) is 10.1 Å². The number of aromatic nitrogens is 1. The van der Waals surface area contributed by atoms with Gasteiger partial charge in [-0.1, -0.05) is 18.3 Å². The fourth-order valence-electron chi connectivity index (χ4n) is 1.78. The molecule has 1 aliphatic rings. The van der Waals surface area contributed by atoms with Gasteiger partial charge in [0, 0.05) is 20.5 Å². The number of amides is 2. The average molecular weight is 253 g/mol. The van der Waals surface area contributed by atoms with E-state index in [2.05, 4.69) is 10.3 Å². The van der Waals surface area contributed by atoms with Gasteiger partial charge >= 0.3 is 6.03 Å². The molecule has 0 bridgehead atoms. The lowest BCUT2D eigenvalue weighted by Crippen LogP contribution is -2.27. The quantitative estimate of drug-likeness (QED) is 0.832. The molecule has 0 saturated heterocycles. The average Bonchev–Trinajstić information content (AvgIpc) is 2.60. The van der Waals surface area contributed by atoms with E-state index < -0.39 is 0 Å². The SMILES string of the molecule is CC1CC(=O)c2sc(NC(=O)N(C)C)nc2C1. The molecule has 5 nitrogen and oxygen atoms in total. The van der Waals surface area contributed by atoms with E-state index in [0.29, 0.717) is 22.3 Å². The summed E-state index contributed by atoms with van der Waals surface area (Å²) in [6.45, 7) is 2.04. The van der Waals surface area contributed by atoms with Gasteiger partial charge in [0.2, 0.25) is 0 Å². The molecule has 1 heterocycles. The fourth-order valence-corrected chi connectivity index (χ4v) is 2.71. The van der Waals surface area contributed by atoms with Crippen LogP contribution in [0.2, 0.25) is 0 Å². The molecule has 0 spiro atoms. The molecular weight excluding hydrogens is 238 g/mol. The third-order valence-corrected chi connectivity index (χ3v) is 3.70. The first-order valence-electron chi connectivity index (χ1n) is 5.48. The van der Waals surface area contributed by atoms with Gasteiger partial charge in [-0.25, -0.2) is 9.78 Å². The molecule has 0 fully saturated rings. The van der Waals surface area contributed by atoms with E-state index in [9.17, 15) is 9.59 Å². The van der Waals surface area contributed by atoms with Crippen LogP contribution in [0.15, 0.2) is 0 Å². The standard InChI is InChI=1S/C11H15N3O2S/c1-6-4-7-9(8(15)5-6)17-10(12-7)13-11(16)14(2)3/h6H,4-5H2,1-3H3,(H,12,13,16). The molecule has 92 valence electrons. The summed E-state index contributed by atoms with van der Waals surface area (Å²) in [7, 11) is 3.33. The second-order valence-electron chi connectivity index (χ2n) is 4.56. The van der Waals surface area contributed by atoms with Crippen molar-refractivity contribution in [2.45, 2.75) is 19.8 Å². The van der Waals surface area contributed by atoms with Crippen molar-refractivity contribution in [3.8, 4) is 0 Å². The second kappa shape index (κ2) is 4.44. The Labute approximate surface area is 104 Å². The summed E-state index contributed by atoms with van der Waals surface area (Å²) in [5.74, 6) is 0.483. The van der Waals surface area contributed by atoms with E-state index in [1.54, 1.807) is 14.1 Å². The lowest BCUT2D eigenvalue weighted by atomic mass is 9.92. The first kappa shape index (κ1) is 12.0. The Morgan fingerprint density at radius 3 is 2.82 bits per heavy atom. The Hall–Kier alpha value is -1.43. The number of hydrogen-bond acceptors (Lipinski definition) is 4. The van der Waals surface area contributed by atoms with Crippen LogP contribution >= 0.6 is 11.3 Å². The van der Waals surface area contributed by atoms with Crippen molar-refractivity contribution in [3.05, 3.63) is 10.6 Å². The summed E-state index contributed by atoms with van der Waals surface area (Å²) in [5, 5.41) is 3.19. The van der Waals surface area contributed by atoms with Crippen LogP contribution in [0.5, 0.6) is 0 Å². The third-order valence-electron chi connectivity index (χ3n) is 2.65. The summed E-state index contributed by atoms with van der Waals surface area (Å²) in [6.07, 6.45) is 1.39. The number of Topliss-reactive ketones (excluding diaryl/α,β-unsaturated/α-hetero) is 1. The first-order chi connectivity index (χ1) is 7.97. The highest BCUT2D eigenvalue weighted by Gasteiger charge is 2.26. The van der Waals surface area contributed by atoms with Gasteiger partial charge < -0.3 is 4.90 Å². The number of thiazole rings is 1. The fraction of sp³-hybridized carbons (Fsp3) is 0.545. The normalized spacial score (nSPS) is 18.8. The zero-order valence-corrected chi connectivity index (χ0v) is 10.9. The Balaban J connectivity index is 2.20. The van der Waals surface area contributed by atoms with Crippen LogP contribution in [0.25, 0.3) is 0 Å². The lowest BCUT2D eigenvalue weighted by Gasteiger charge is -2.14. The Morgan fingerprint density at radius 1 is 1.47 bits per heavy atom. The molecule has 1 aromatic rings. The first-order valence-corrected chi connectivity index (χ1v) is 6.30. The maximum absolute atomic E-state index is 11.8. The number of hydrogen-bond donors (Lipinski definition) is 1. The summed E-state index contributed by atoms with van der Waals surface area (Å²) in [5.41, 5.74) is 0.827. The van der Waals surface area contributed by atoms with E-state index in [0.717, 1.165) is 12.1 Å². The van der Waals surface area contributed by atoms with Gasteiger partial charge in [0.1, 0.15) is 0 Å². The van der Waals surface area contributed by atoms with E-state index in [1.165, 1.54) is 16.2 Å². The molecule has 1 aliphatic carbocycles. The number of nitrogens with one attached hydrogen (secondary N) is 1. The van der Waals surface area contributed by atoms with Gasteiger partial charge in [-0.15, -0.1) is 0 Å². The van der Waals surface area contributed by atoms with E-state index in [4.69, 9.17) is 0 Å². The molecule has 0 saturated carbocycles. The van der Waals surface area contributed by atoms with Crippen LogP contribution < -0.4 is 5.32 Å². The highest BCUT2D eigenvalue weighted by atomic mass is 32.1. The smallest absolute Gasteiger partial charge is 0.323 e. The molecule has 1 N–H and O–H groups in total. The molecule has 6 heteroatoms. The summed E-state index contributed by atoms with van der Waals surface area (Å²) >= 11 is 1.27. The zero-order valence-electron chi connectivity index (χ0n) is 10.1. The summed E-state index contributed by atoms with van der Waals surface area (Å²) < 4.78 is 0. The van der Waals surface area contributed by atoms with Crippen molar-refractivity contribution in [3.63, 3.8) is 0 Å². The maximum atomic E-state index is 11.8. The number of rotatable bonds is 1. The largest absolute Gasteiger partial charge is 0.331 e. The molecule has 2 amide bonds. The molecule has 1 unspecified atom stereocenters. The van der Waals surface area contributed by atoms with Crippen molar-refractivity contribution in [2.75, 3.05) is 19.4 Å². The maximum Gasteiger partial charge on any atom is 0.323 e. The van der Waals surface area contributed by atoms with Gasteiger partial charge in [0.05, 0.1) is 10.6 Å². The van der Waals surface area contributed by atoms with Crippen LogP contribution in [0.3, 0.4) is 0 Å². The zero-order chi connectivity index (χ0) is 12.6. The number of carbonyl (C=O) groups is 2. The minimum atomic E-state index is -0.225. The van der Waals surface area contributed by atoms with E-state index >= 15 is 0 Å². The number of carbonyl (C=O) groups excluding carboxylic acids is 2. The molecule has 1 atom stereocenters. The number of urea groups is 1. The predicted octanol–water partition coefficient (Wildman–Crippen LogP) is 2.00. The molecule has 0 aromatic carbocycles. The molecule has 0 aliphatic heterocycles. The highest BCUT2D eigenvalue weighted by Crippen LogP contribution is 2.31.